The molecule has 3 rings (SSSR count). The second kappa shape index (κ2) is 6.36. The molecule has 1 aromatic carbocycles. The highest BCUT2D eigenvalue weighted by Gasteiger charge is 2.28. The summed E-state index contributed by atoms with van der Waals surface area (Å²) < 4.78 is 6.57. The van der Waals surface area contributed by atoms with E-state index in [-0.39, 0.29) is 24.0 Å². The van der Waals surface area contributed by atoms with Gasteiger partial charge in [-0.3, -0.25) is 14.2 Å². The van der Waals surface area contributed by atoms with Crippen LogP contribution in [0.3, 0.4) is 0 Å². The lowest BCUT2D eigenvalue weighted by molar-refractivity contribution is -0.143. The summed E-state index contributed by atoms with van der Waals surface area (Å²) in [5.74, 6) is 0.388. The third-order valence-corrected chi connectivity index (χ3v) is 4.56. The van der Waals surface area contributed by atoms with Crippen LogP contribution >= 0.6 is 11.8 Å². The summed E-state index contributed by atoms with van der Waals surface area (Å²) in [6.07, 6.45) is 0.208. The Hall–Kier alpha value is -2.08. The van der Waals surface area contributed by atoms with Crippen LogP contribution in [0.15, 0.2) is 46.3 Å². The largest absolute Gasteiger partial charge is 0.466 e. The number of fused-ring (bicyclic) bond motifs is 1. The number of benzene rings is 1. The highest BCUT2D eigenvalue weighted by Crippen LogP contribution is 2.33. The summed E-state index contributed by atoms with van der Waals surface area (Å²) in [4.78, 5) is 28.6. The standard InChI is InChI=1S/C16H16N2O3S/c1-2-21-15(20)8-12-10-22-16-17-13(9-14(19)18(12)16)11-6-4-3-5-7-11/h3-7,9,12H,2,8,10H2,1H3. The summed E-state index contributed by atoms with van der Waals surface area (Å²) in [5.41, 5.74) is 1.46. The molecule has 0 fully saturated rings. The van der Waals surface area contributed by atoms with Gasteiger partial charge in [0.15, 0.2) is 5.16 Å². The molecule has 2 heterocycles. The van der Waals surface area contributed by atoms with Crippen molar-refractivity contribution < 1.29 is 9.53 Å². The lowest BCUT2D eigenvalue weighted by Gasteiger charge is -2.12. The van der Waals surface area contributed by atoms with Gasteiger partial charge >= 0.3 is 5.97 Å². The number of carbonyl (C=O) groups is 1. The van der Waals surface area contributed by atoms with E-state index < -0.39 is 0 Å². The lowest BCUT2D eigenvalue weighted by Crippen LogP contribution is -2.26. The summed E-state index contributed by atoms with van der Waals surface area (Å²) in [5, 5.41) is 0.667. The molecule has 0 aliphatic carbocycles. The zero-order valence-corrected chi connectivity index (χ0v) is 13.0. The smallest absolute Gasteiger partial charge is 0.307 e. The van der Waals surface area contributed by atoms with Crippen LogP contribution in [0.2, 0.25) is 0 Å². The highest BCUT2D eigenvalue weighted by atomic mass is 32.2. The highest BCUT2D eigenvalue weighted by molar-refractivity contribution is 7.99. The van der Waals surface area contributed by atoms with Gasteiger partial charge in [0.2, 0.25) is 0 Å². The van der Waals surface area contributed by atoms with E-state index in [1.54, 1.807) is 11.5 Å². The fraction of sp³-hybridized carbons (Fsp3) is 0.312. The van der Waals surface area contributed by atoms with Crippen molar-refractivity contribution in [3.05, 3.63) is 46.8 Å². The van der Waals surface area contributed by atoms with Gasteiger partial charge in [0.1, 0.15) is 0 Å². The number of rotatable bonds is 4. The second-order valence-corrected chi connectivity index (χ2v) is 5.96. The molecule has 1 aliphatic heterocycles. The van der Waals surface area contributed by atoms with Crippen LogP contribution in [0.4, 0.5) is 0 Å². The van der Waals surface area contributed by atoms with Gasteiger partial charge in [-0.05, 0) is 6.92 Å². The molecule has 1 unspecified atom stereocenters. The fourth-order valence-electron chi connectivity index (χ4n) is 2.47. The van der Waals surface area contributed by atoms with Crippen molar-refractivity contribution in [2.75, 3.05) is 12.4 Å². The monoisotopic (exact) mass is 316 g/mol. The molecule has 114 valence electrons. The number of hydrogen-bond acceptors (Lipinski definition) is 5. The van der Waals surface area contributed by atoms with Crippen LogP contribution in [0.1, 0.15) is 19.4 Å². The molecule has 0 amide bonds. The molecule has 0 saturated heterocycles. The number of esters is 1. The molecule has 22 heavy (non-hydrogen) atoms. The maximum Gasteiger partial charge on any atom is 0.307 e. The number of aromatic nitrogens is 2. The van der Waals surface area contributed by atoms with E-state index in [4.69, 9.17) is 4.74 Å². The fourth-order valence-corrected chi connectivity index (χ4v) is 3.62. The maximum absolute atomic E-state index is 12.4. The van der Waals surface area contributed by atoms with Crippen molar-refractivity contribution in [3.8, 4) is 11.3 Å². The molecule has 0 radical (unpaired) electrons. The Morgan fingerprint density at radius 3 is 2.91 bits per heavy atom. The third-order valence-electron chi connectivity index (χ3n) is 3.47. The number of hydrogen-bond donors (Lipinski definition) is 0. The van der Waals surface area contributed by atoms with Gasteiger partial charge in [-0.25, -0.2) is 4.98 Å². The molecule has 1 atom stereocenters. The van der Waals surface area contributed by atoms with Gasteiger partial charge in [0.25, 0.3) is 5.56 Å². The van der Waals surface area contributed by atoms with Crippen molar-refractivity contribution in [2.24, 2.45) is 0 Å². The summed E-state index contributed by atoms with van der Waals surface area (Å²) >= 11 is 1.50. The van der Waals surface area contributed by atoms with Gasteiger partial charge in [-0.15, -0.1) is 0 Å². The van der Waals surface area contributed by atoms with Crippen LogP contribution in [-0.4, -0.2) is 27.9 Å². The van der Waals surface area contributed by atoms with E-state index in [0.717, 1.165) is 5.56 Å². The first-order valence-corrected chi connectivity index (χ1v) is 8.15. The minimum absolute atomic E-state index is 0.122. The van der Waals surface area contributed by atoms with Crippen molar-refractivity contribution in [2.45, 2.75) is 24.5 Å². The summed E-state index contributed by atoms with van der Waals surface area (Å²) in [6, 6.07) is 11.0. The van der Waals surface area contributed by atoms with E-state index >= 15 is 0 Å². The van der Waals surface area contributed by atoms with Crippen LogP contribution in [0, 0.1) is 0 Å². The Bertz CT molecular complexity index is 743. The van der Waals surface area contributed by atoms with E-state index in [1.165, 1.54) is 17.8 Å². The number of nitrogens with zero attached hydrogens (tertiary/aromatic N) is 2. The molecule has 6 heteroatoms. The van der Waals surface area contributed by atoms with E-state index in [1.807, 2.05) is 30.3 Å². The van der Waals surface area contributed by atoms with Crippen molar-refractivity contribution >= 4 is 17.7 Å². The first kappa shape index (κ1) is 14.8. The average molecular weight is 316 g/mol. The molecule has 2 aromatic rings. The summed E-state index contributed by atoms with van der Waals surface area (Å²) in [7, 11) is 0. The van der Waals surface area contributed by atoms with Gasteiger partial charge in [0.05, 0.1) is 24.8 Å². The Morgan fingerprint density at radius 1 is 1.41 bits per heavy atom. The minimum Gasteiger partial charge on any atom is -0.466 e. The quantitative estimate of drug-likeness (QED) is 0.641. The van der Waals surface area contributed by atoms with E-state index in [9.17, 15) is 9.59 Å². The molecular weight excluding hydrogens is 300 g/mol. The van der Waals surface area contributed by atoms with Crippen LogP contribution in [-0.2, 0) is 9.53 Å². The van der Waals surface area contributed by atoms with Gasteiger partial charge in [-0.2, -0.15) is 0 Å². The second-order valence-electron chi connectivity index (χ2n) is 4.97. The predicted molar refractivity (Wildman–Crippen MR) is 84.9 cm³/mol. The lowest BCUT2D eigenvalue weighted by atomic mass is 10.1. The molecule has 1 aromatic heterocycles. The van der Waals surface area contributed by atoms with Gasteiger partial charge < -0.3 is 4.74 Å². The molecule has 0 bridgehead atoms. The average Bonchev–Trinajstić information content (AvgIpc) is 2.92. The number of carbonyl (C=O) groups excluding carboxylic acids is 1. The van der Waals surface area contributed by atoms with Crippen molar-refractivity contribution in [3.63, 3.8) is 0 Å². The Morgan fingerprint density at radius 2 is 2.18 bits per heavy atom. The van der Waals surface area contributed by atoms with Crippen molar-refractivity contribution in [1.82, 2.24) is 9.55 Å². The number of thioether (sulfide) groups is 1. The zero-order valence-electron chi connectivity index (χ0n) is 12.2. The molecule has 0 saturated carbocycles. The molecule has 0 spiro atoms. The Kier molecular flexibility index (Phi) is 4.29. The number of ether oxygens (including phenoxy) is 1. The van der Waals surface area contributed by atoms with Gasteiger partial charge in [0, 0.05) is 17.4 Å². The molecule has 5 nitrogen and oxygen atoms in total. The van der Waals surface area contributed by atoms with E-state index in [0.29, 0.717) is 23.2 Å². The Balaban J connectivity index is 1.91. The first-order chi connectivity index (χ1) is 10.7. The van der Waals surface area contributed by atoms with Gasteiger partial charge in [-0.1, -0.05) is 42.1 Å². The SMILES string of the molecule is CCOC(=O)CC1CSc2nc(-c3ccccc3)cc(=O)n21. The zero-order chi connectivity index (χ0) is 15.5. The molecular formula is C16H16N2O3S. The molecule has 0 N–H and O–H groups in total. The normalized spacial score (nSPS) is 16.3. The predicted octanol–water partition coefficient (Wildman–Crippen LogP) is 2.51. The van der Waals surface area contributed by atoms with Crippen LogP contribution < -0.4 is 5.56 Å². The topological polar surface area (TPSA) is 61.2 Å². The van der Waals surface area contributed by atoms with Crippen LogP contribution in [0.5, 0.6) is 0 Å². The van der Waals surface area contributed by atoms with Crippen molar-refractivity contribution in [1.29, 1.82) is 0 Å². The van der Waals surface area contributed by atoms with Crippen LogP contribution in [0.25, 0.3) is 11.3 Å². The molecule has 1 aliphatic rings. The van der Waals surface area contributed by atoms with E-state index in [2.05, 4.69) is 4.98 Å². The third kappa shape index (κ3) is 2.92. The Labute approximate surface area is 132 Å². The maximum atomic E-state index is 12.4. The minimum atomic E-state index is -0.278. The summed E-state index contributed by atoms with van der Waals surface area (Å²) in [6.45, 7) is 2.13. The first-order valence-electron chi connectivity index (χ1n) is 7.16.